The first-order valence-electron chi connectivity index (χ1n) is 19.9. The molecule has 4 nitrogen and oxygen atoms in total. The molecule has 0 radical (unpaired) electrons. The summed E-state index contributed by atoms with van der Waals surface area (Å²) < 4.78 is 13.0. The van der Waals surface area contributed by atoms with Gasteiger partial charge in [0.15, 0.2) is 5.52 Å². The lowest BCUT2D eigenvalue weighted by atomic mass is 9.58. The zero-order valence-corrected chi connectivity index (χ0v) is 31.2. The molecular weight excluding hydrogens is 713 g/mol. The predicted molar refractivity (Wildman–Crippen MR) is 229 cm³/mol. The van der Waals surface area contributed by atoms with Gasteiger partial charge in [-0.1, -0.05) is 103 Å². The van der Waals surface area contributed by atoms with Crippen LogP contribution in [0.25, 0.3) is 86.2 Å². The first-order valence-corrected chi connectivity index (χ1v) is 20.7. The molecular formula is C52H28N4S+2. The number of hydrogen-bond acceptors (Lipinski definition) is 1. The maximum atomic E-state index is 2.64. The van der Waals surface area contributed by atoms with Crippen LogP contribution in [0.2, 0.25) is 0 Å². The van der Waals surface area contributed by atoms with Gasteiger partial charge in [0.05, 0.1) is 22.6 Å². The Hall–Kier alpha value is -7.08. The van der Waals surface area contributed by atoms with E-state index >= 15 is 0 Å². The minimum absolute atomic E-state index is 0.526. The average molecular weight is 741 g/mol. The van der Waals surface area contributed by atoms with Crippen molar-refractivity contribution in [3.8, 4) is 16.9 Å². The normalized spacial score (nSPS) is 17.3. The van der Waals surface area contributed by atoms with Gasteiger partial charge < -0.3 is 0 Å². The first kappa shape index (κ1) is 28.3. The van der Waals surface area contributed by atoms with E-state index in [0.29, 0.717) is 0 Å². The van der Waals surface area contributed by atoms with Crippen LogP contribution in [0.4, 0.5) is 0 Å². The first-order chi connectivity index (χ1) is 28.3. The number of hydrogen-bond donors (Lipinski definition) is 0. The number of fused-ring (bicyclic) bond motifs is 18. The number of nitrogens with zero attached hydrogens (tertiary/aromatic N) is 4. The molecule has 1 unspecified atom stereocenters. The van der Waals surface area contributed by atoms with Crippen molar-refractivity contribution in [2.75, 3.05) is 0 Å². The summed E-state index contributed by atoms with van der Waals surface area (Å²) in [5, 5.41) is 9.21. The van der Waals surface area contributed by atoms with E-state index < -0.39 is 11.1 Å². The Morgan fingerprint density at radius 1 is 0.474 bits per heavy atom. The van der Waals surface area contributed by atoms with Crippen molar-refractivity contribution in [1.29, 1.82) is 0 Å². The number of imidazole rings is 1. The van der Waals surface area contributed by atoms with Crippen LogP contribution in [0.15, 0.2) is 170 Å². The number of rotatable bonds is 0. The summed E-state index contributed by atoms with van der Waals surface area (Å²) in [4.78, 5) is 0. The van der Waals surface area contributed by atoms with Crippen LogP contribution in [0.1, 0.15) is 33.4 Å². The van der Waals surface area contributed by atoms with Crippen molar-refractivity contribution in [2.45, 2.75) is 11.1 Å². The van der Waals surface area contributed by atoms with Crippen molar-refractivity contribution < 1.29 is 9.13 Å². The van der Waals surface area contributed by atoms with Crippen LogP contribution in [-0.2, 0) is 11.1 Å². The van der Waals surface area contributed by atoms with Crippen LogP contribution in [-0.4, -0.2) is 8.97 Å². The van der Waals surface area contributed by atoms with Crippen LogP contribution in [0.5, 0.6) is 0 Å². The van der Waals surface area contributed by atoms with Crippen LogP contribution >= 0.6 is 11.3 Å². The molecule has 260 valence electrons. The lowest BCUT2D eigenvalue weighted by molar-refractivity contribution is -0.956. The van der Waals surface area contributed by atoms with E-state index in [-0.39, 0.29) is 0 Å². The van der Waals surface area contributed by atoms with Crippen LogP contribution < -0.4 is 9.13 Å². The SMILES string of the molecule is c1ccc2c(c1)-c1ccccc1C21c2ccc3c4cc5c(cc4n4cc[n+]6c4c3c2C62c3c1ccc1c4ccccc4n(c31)-c1cccc[n+]12)sc1ccccc15. The van der Waals surface area contributed by atoms with Gasteiger partial charge in [-0.15, -0.1) is 11.3 Å². The van der Waals surface area contributed by atoms with Crippen LogP contribution in [0.3, 0.4) is 0 Å². The van der Waals surface area contributed by atoms with E-state index in [1.54, 1.807) is 0 Å². The molecule has 12 aromatic rings. The van der Waals surface area contributed by atoms with Crippen molar-refractivity contribution in [3.63, 3.8) is 0 Å². The highest BCUT2D eigenvalue weighted by Gasteiger charge is 2.68. The minimum atomic E-state index is -0.680. The summed E-state index contributed by atoms with van der Waals surface area (Å²) in [5.41, 5.74) is 14.7. The molecule has 2 aliphatic heterocycles. The number of aromatic nitrogens is 4. The molecule has 57 heavy (non-hydrogen) atoms. The quantitative estimate of drug-likeness (QED) is 0.109. The molecule has 4 aliphatic rings. The number of thiophene rings is 1. The highest BCUT2D eigenvalue weighted by molar-refractivity contribution is 7.25. The third-order valence-electron chi connectivity index (χ3n) is 14.4. The Bertz CT molecular complexity index is 3910. The second-order valence-electron chi connectivity index (χ2n) is 16.4. The van der Waals surface area contributed by atoms with Gasteiger partial charge in [-0.25, -0.2) is 0 Å². The lowest BCUT2D eigenvalue weighted by Crippen LogP contribution is -2.76. The Kier molecular flexibility index (Phi) is 4.46. The predicted octanol–water partition coefficient (Wildman–Crippen LogP) is 10.9. The summed E-state index contributed by atoms with van der Waals surface area (Å²) in [6, 6.07) is 58.0. The van der Waals surface area contributed by atoms with Gasteiger partial charge in [0.1, 0.15) is 29.0 Å². The Labute approximate surface area is 328 Å². The van der Waals surface area contributed by atoms with Gasteiger partial charge in [-0.05, 0) is 69.8 Å². The molecule has 1 atom stereocenters. The van der Waals surface area contributed by atoms with E-state index in [2.05, 4.69) is 188 Å². The van der Waals surface area contributed by atoms with Crippen molar-refractivity contribution in [1.82, 2.24) is 8.97 Å². The number of para-hydroxylation sites is 1. The Morgan fingerprint density at radius 2 is 1.19 bits per heavy atom. The third-order valence-corrected chi connectivity index (χ3v) is 15.5. The molecule has 7 heterocycles. The fourth-order valence-electron chi connectivity index (χ4n) is 12.5. The molecule has 0 bridgehead atoms. The van der Waals surface area contributed by atoms with Gasteiger partial charge in [-0.3, -0.25) is 0 Å². The highest BCUT2D eigenvalue weighted by Crippen LogP contribution is 2.65. The zero-order chi connectivity index (χ0) is 36.5. The molecule has 2 aliphatic carbocycles. The lowest BCUT2D eigenvalue weighted by Gasteiger charge is -2.45. The third kappa shape index (κ3) is 2.72. The smallest absolute Gasteiger partial charge is 0.195 e. The fraction of sp³-hybridized carbons (Fsp3) is 0.0385. The molecule has 0 amide bonds. The van der Waals surface area contributed by atoms with Gasteiger partial charge in [0.25, 0.3) is 11.5 Å². The summed E-state index contributed by atoms with van der Waals surface area (Å²) in [6.07, 6.45) is 7.06. The van der Waals surface area contributed by atoms with Crippen molar-refractivity contribution in [3.05, 3.63) is 204 Å². The molecule has 2 spiro atoms. The molecule has 5 aromatic heterocycles. The molecule has 0 saturated heterocycles. The summed E-state index contributed by atoms with van der Waals surface area (Å²) >= 11 is 1.90. The molecule has 5 heteroatoms. The summed E-state index contributed by atoms with van der Waals surface area (Å²) in [7, 11) is 0. The standard InChI is InChI=1S/C52H28N4S/c1-5-15-37-29(11-1)30-12-2-6-16-38(30)51(37)39-22-20-33-35-27-36-32-14-4-8-18-43(32)57-44(36)28-42(35)53-25-26-55-50(53)46(33)47(39)52(55)48-40(51)23-21-34-31-13-3-7-17-41(31)56(49(34)48)45-19-9-10-24-54(45)52/h1-28H/q+2. The van der Waals surface area contributed by atoms with E-state index in [9.17, 15) is 0 Å². The maximum Gasteiger partial charge on any atom is 0.311 e. The van der Waals surface area contributed by atoms with Gasteiger partial charge >= 0.3 is 5.66 Å². The summed E-state index contributed by atoms with van der Waals surface area (Å²) in [6.45, 7) is 0. The second-order valence-corrected chi connectivity index (χ2v) is 17.5. The van der Waals surface area contributed by atoms with E-state index in [1.165, 1.54) is 120 Å². The topological polar surface area (TPSA) is 17.1 Å². The minimum Gasteiger partial charge on any atom is -0.195 e. The average Bonchev–Trinajstić information content (AvgIpc) is 4.07. The zero-order valence-electron chi connectivity index (χ0n) is 30.4. The highest BCUT2D eigenvalue weighted by atomic mass is 32.1. The van der Waals surface area contributed by atoms with Gasteiger partial charge in [0.2, 0.25) is 0 Å². The van der Waals surface area contributed by atoms with Crippen molar-refractivity contribution >= 4 is 80.6 Å². The molecule has 0 saturated carbocycles. The molecule has 0 fully saturated rings. The van der Waals surface area contributed by atoms with E-state index in [0.717, 1.165) is 0 Å². The van der Waals surface area contributed by atoms with Gasteiger partial charge in [0, 0.05) is 53.8 Å². The van der Waals surface area contributed by atoms with Gasteiger partial charge in [-0.2, -0.15) is 18.1 Å². The number of benzene rings is 7. The molecule has 0 N–H and O–H groups in total. The molecule has 16 rings (SSSR count). The second kappa shape index (κ2) is 8.97. The molecule has 7 aromatic carbocycles. The van der Waals surface area contributed by atoms with Crippen molar-refractivity contribution in [2.24, 2.45) is 0 Å². The fourth-order valence-corrected chi connectivity index (χ4v) is 13.7. The number of pyridine rings is 2. The Balaban J connectivity index is 1.22. The largest absolute Gasteiger partial charge is 0.311 e. The van der Waals surface area contributed by atoms with Crippen LogP contribution in [0, 0.1) is 0 Å². The monoisotopic (exact) mass is 740 g/mol. The van der Waals surface area contributed by atoms with E-state index in [1.807, 2.05) is 11.3 Å². The Morgan fingerprint density at radius 3 is 2.05 bits per heavy atom. The van der Waals surface area contributed by atoms with E-state index in [4.69, 9.17) is 0 Å². The maximum absolute atomic E-state index is 2.64. The summed E-state index contributed by atoms with van der Waals surface area (Å²) in [5.74, 6) is 1.18.